The lowest BCUT2D eigenvalue weighted by molar-refractivity contribution is 0.522. The zero-order valence-electron chi connectivity index (χ0n) is 12.4. The van der Waals surface area contributed by atoms with Crippen LogP contribution in [-0.2, 0) is 6.42 Å². The molecule has 0 spiro atoms. The van der Waals surface area contributed by atoms with E-state index in [1.165, 1.54) is 0 Å². The molecule has 2 aromatic rings. The number of aromatic nitrogens is 3. The highest BCUT2D eigenvalue weighted by Crippen LogP contribution is 2.20. The Hall–Kier alpha value is -2.17. The lowest BCUT2D eigenvalue weighted by Gasteiger charge is -2.33. The van der Waals surface area contributed by atoms with E-state index in [1.807, 2.05) is 24.4 Å². The van der Waals surface area contributed by atoms with Crippen LogP contribution in [0.3, 0.4) is 0 Å². The molecule has 0 saturated carbocycles. The Morgan fingerprint density at radius 2 is 2.05 bits per heavy atom. The fraction of sp³-hybridized carbons (Fsp3) is 0.438. The second-order valence-electron chi connectivity index (χ2n) is 5.34. The standard InChI is InChI=1S/C16H21N5/c1-2-13-11-16(19-12-18-13)21-9-6-14(7-10-21)20-15-5-3-4-8-17-15/h3-5,8,11-12,14H,2,6-7,9-10H2,1H3,(H,17,20). The first-order valence-electron chi connectivity index (χ1n) is 7.58. The largest absolute Gasteiger partial charge is 0.367 e. The smallest absolute Gasteiger partial charge is 0.132 e. The number of aryl methyl sites for hydroxylation is 1. The molecule has 0 radical (unpaired) electrons. The minimum absolute atomic E-state index is 0.489. The monoisotopic (exact) mass is 283 g/mol. The lowest BCUT2D eigenvalue weighted by atomic mass is 10.0. The quantitative estimate of drug-likeness (QED) is 0.934. The van der Waals surface area contributed by atoms with Crippen LogP contribution in [-0.4, -0.2) is 34.1 Å². The Bertz CT molecular complexity index is 564. The Morgan fingerprint density at radius 3 is 2.76 bits per heavy atom. The minimum atomic E-state index is 0.489. The molecule has 1 N–H and O–H groups in total. The van der Waals surface area contributed by atoms with Crippen molar-refractivity contribution < 1.29 is 0 Å². The summed E-state index contributed by atoms with van der Waals surface area (Å²) >= 11 is 0. The Balaban J connectivity index is 1.57. The van der Waals surface area contributed by atoms with E-state index < -0.39 is 0 Å². The molecule has 0 aliphatic carbocycles. The molecule has 3 rings (SSSR count). The summed E-state index contributed by atoms with van der Waals surface area (Å²) in [6, 6.07) is 8.56. The van der Waals surface area contributed by atoms with Crippen molar-refractivity contribution in [1.82, 2.24) is 15.0 Å². The molecule has 1 aliphatic rings. The predicted octanol–water partition coefficient (Wildman–Crippen LogP) is 2.51. The molecule has 0 unspecified atom stereocenters. The van der Waals surface area contributed by atoms with Crippen molar-refractivity contribution in [2.45, 2.75) is 32.2 Å². The van der Waals surface area contributed by atoms with Gasteiger partial charge in [0.2, 0.25) is 0 Å². The van der Waals surface area contributed by atoms with E-state index in [0.717, 1.165) is 49.7 Å². The van der Waals surface area contributed by atoms with Crippen molar-refractivity contribution in [1.29, 1.82) is 0 Å². The summed E-state index contributed by atoms with van der Waals surface area (Å²) in [5.41, 5.74) is 1.11. The highest BCUT2D eigenvalue weighted by molar-refractivity contribution is 5.41. The van der Waals surface area contributed by atoms with Gasteiger partial charge in [0.1, 0.15) is 18.0 Å². The third-order valence-electron chi connectivity index (χ3n) is 3.91. The molecule has 21 heavy (non-hydrogen) atoms. The molecule has 3 heterocycles. The number of piperidine rings is 1. The minimum Gasteiger partial charge on any atom is -0.367 e. The van der Waals surface area contributed by atoms with Gasteiger partial charge in [0.15, 0.2) is 0 Å². The molecular weight excluding hydrogens is 262 g/mol. The first-order valence-corrected chi connectivity index (χ1v) is 7.58. The van der Waals surface area contributed by atoms with Gasteiger partial charge in [0.25, 0.3) is 0 Å². The second-order valence-corrected chi connectivity index (χ2v) is 5.34. The van der Waals surface area contributed by atoms with E-state index in [9.17, 15) is 0 Å². The Morgan fingerprint density at radius 1 is 1.19 bits per heavy atom. The summed E-state index contributed by atoms with van der Waals surface area (Å²) in [5, 5.41) is 3.50. The molecule has 1 saturated heterocycles. The van der Waals surface area contributed by atoms with Gasteiger partial charge in [0.05, 0.1) is 0 Å². The van der Waals surface area contributed by atoms with Gasteiger partial charge in [-0.3, -0.25) is 0 Å². The maximum absolute atomic E-state index is 4.40. The number of anilines is 2. The zero-order valence-corrected chi connectivity index (χ0v) is 12.4. The highest BCUT2D eigenvalue weighted by Gasteiger charge is 2.20. The van der Waals surface area contributed by atoms with Crippen LogP contribution in [0.1, 0.15) is 25.5 Å². The molecule has 1 fully saturated rings. The number of pyridine rings is 1. The number of rotatable bonds is 4. The summed E-state index contributed by atoms with van der Waals surface area (Å²) in [6.45, 7) is 4.16. The van der Waals surface area contributed by atoms with Crippen molar-refractivity contribution in [3.05, 3.63) is 42.5 Å². The van der Waals surface area contributed by atoms with Crippen LogP contribution < -0.4 is 10.2 Å². The van der Waals surface area contributed by atoms with E-state index in [2.05, 4.69) is 38.2 Å². The van der Waals surface area contributed by atoms with E-state index in [4.69, 9.17) is 0 Å². The van der Waals surface area contributed by atoms with Crippen LogP contribution in [0, 0.1) is 0 Å². The average Bonchev–Trinajstić information content (AvgIpc) is 2.56. The maximum atomic E-state index is 4.40. The second kappa shape index (κ2) is 6.52. The number of nitrogens with one attached hydrogen (secondary N) is 1. The molecule has 0 atom stereocenters. The summed E-state index contributed by atoms with van der Waals surface area (Å²) in [7, 11) is 0. The normalized spacial score (nSPS) is 16.0. The third kappa shape index (κ3) is 3.48. The van der Waals surface area contributed by atoms with Crippen LogP contribution in [0.5, 0.6) is 0 Å². The first kappa shape index (κ1) is 13.8. The van der Waals surface area contributed by atoms with Gasteiger partial charge in [-0.2, -0.15) is 0 Å². The van der Waals surface area contributed by atoms with Crippen molar-refractivity contribution >= 4 is 11.6 Å². The summed E-state index contributed by atoms with van der Waals surface area (Å²) in [6.07, 6.45) is 6.65. The molecule has 0 aromatic carbocycles. The topological polar surface area (TPSA) is 53.9 Å². The zero-order chi connectivity index (χ0) is 14.5. The van der Waals surface area contributed by atoms with Crippen LogP contribution in [0.15, 0.2) is 36.8 Å². The molecule has 5 heteroatoms. The van der Waals surface area contributed by atoms with Crippen molar-refractivity contribution in [2.75, 3.05) is 23.3 Å². The van der Waals surface area contributed by atoms with Gasteiger partial charge in [-0.1, -0.05) is 13.0 Å². The van der Waals surface area contributed by atoms with E-state index >= 15 is 0 Å². The Kier molecular flexibility index (Phi) is 4.28. The molecule has 1 aliphatic heterocycles. The summed E-state index contributed by atoms with van der Waals surface area (Å²) < 4.78 is 0. The fourth-order valence-electron chi connectivity index (χ4n) is 2.66. The maximum Gasteiger partial charge on any atom is 0.132 e. The number of hydrogen-bond acceptors (Lipinski definition) is 5. The van der Waals surface area contributed by atoms with Gasteiger partial charge >= 0.3 is 0 Å². The van der Waals surface area contributed by atoms with Crippen molar-refractivity contribution in [3.8, 4) is 0 Å². The SMILES string of the molecule is CCc1cc(N2CCC(Nc3ccccn3)CC2)ncn1. The van der Waals surface area contributed by atoms with E-state index in [0.29, 0.717) is 6.04 Å². The molecule has 110 valence electrons. The van der Waals surface area contributed by atoms with Gasteiger partial charge in [-0.05, 0) is 31.4 Å². The molecule has 5 nitrogen and oxygen atoms in total. The molecule has 0 amide bonds. The average molecular weight is 283 g/mol. The third-order valence-corrected chi connectivity index (χ3v) is 3.91. The lowest BCUT2D eigenvalue weighted by Crippen LogP contribution is -2.39. The summed E-state index contributed by atoms with van der Waals surface area (Å²) in [5.74, 6) is 2.02. The van der Waals surface area contributed by atoms with Crippen LogP contribution in [0.25, 0.3) is 0 Å². The molecule has 0 bridgehead atoms. The molecular formula is C16H21N5. The van der Waals surface area contributed by atoms with E-state index in [1.54, 1.807) is 6.33 Å². The van der Waals surface area contributed by atoms with Gasteiger partial charge < -0.3 is 10.2 Å². The first-order chi connectivity index (χ1) is 10.3. The van der Waals surface area contributed by atoms with Crippen molar-refractivity contribution in [2.24, 2.45) is 0 Å². The van der Waals surface area contributed by atoms with Gasteiger partial charge in [-0.15, -0.1) is 0 Å². The van der Waals surface area contributed by atoms with Crippen molar-refractivity contribution in [3.63, 3.8) is 0 Å². The molecule has 2 aromatic heterocycles. The van der Waals surface area contributed by atoms with Crippen LogP contribution in [0.2, 0.25) is 0 Å². The Labute approximate surface area is 125 Å². The highest BCUT2D eigenvalue weighted by atomic mass is 15.2. The van der Waals surface area contributed by atoms with Gasteiger partial charge in [0, 0.05) is 37.1 Å². The predicted molar refractivity (Wildman–Crippen MR) is 84.5 cm³/mol. The number of hydrogen-bond donors (Lipinski definition) is 1. The van der Waals surface area contributed by atoms with Crippen LogP contribution in [0.4, 0.5) is 11.6 Å². The van der Waals surface area contributed by atoms with Gasteiger partial charge in [-0.25, -0.2) is 15.0 Å². The number of nitrogens with zero attached hydrogens (tertiary/aromatic N) is 4. The fourth-order valence-corrected chi connectivity index (χ4v) is 2.66. The summed E-state index contributed by atoms with van der Waals surface area (Å²) in [4.78, 5) is 15.3. The van der Waals surface area contributed by atoms with Crippen LogP contribution >= 0.6 is 0 Å². The van der Waals surface area contributed by atoms with E-state index in [-0.39, 0.29) is 0 Å².